The van der Waals surface area contributed by atoms with Crippen molar-refractivity contribution in [2.75, 3.05) is 6.54 Å². The molecule has 5 nitrogen and oxygen atoms in total. The van der Waals surface area contributed by atoms with Crippen LogP contribution in [0.3, 0.4) is 0 Å². The van der Waals surface area contributed by atoms with E-state index in [4.69, 9.17) is 4.98 Å². The van der Waals surface area contributed by atoms with Gasteiger partial charge < -0.3 is 5.32 Å². The molecule has 3 rings (SSSR count). The molecule has 138 valence electrons. The maximum Gasteiger partial charge on any atom is 0.220 e. The Hall–Kier alpha value is -2.43. The third-order valence-electron chi connectivity index (χ3n) is 4.97. The highest BCUT2D eigenvalue weighted by Gasteiger charge is 2.14. The molecule has 0 atom stereocenters. The van der Waals surface area contributed by atoms with Gasteiger partial charge in [0, 0.05) is 29.7 Å². The number of amides is 1. The van der Waals surface area contributed by atoms with Gasteiger partial charge in [-0.15, -0.1) is 0 Å². The number of fused-ring (bicyclic) bond motifs is 3. The van der Waals surface area contributed by atoms with Crippen molar-refractivity contribution in [1.29, 1.82) is 0 Å². The normalized spacial score (nSPS) is 11.3. The van der Waals surface area contributed by atoms with Gasteiger partial charge in [-0.05, 0) is 44.4 Å². The van der Waals surface area contributed by atoms with Crippen LogP contribution in [-0.2, 0) is 11.2 Å². The summed E-state index contributed by atoms with van der Waals surface area (Å²) < 4.78 is 1.91. The summed E-state index contributed by atoms with van der Waals surface area (Å²) in [5.74, 6) is 0.117. The Morgan fingerprint density at radius 1 is 1.15 bits per heavy atom. The van der Waals surface area contributed by atoms with E-state index in [0.29, 0.717) is 12.8 Å². The lowest BCUT2D eigenvalue weighted by Gasteiger charge is -2.11. The van der Waals surface area contributed by atoms with E-state index in [1.807, 2.05) is 29.6 Å². The van der Waals surface area contributed by atoms with E-state index in [1.54, 1.807) is 0 Å². The molecule has 2 aromatic heterocycles. The average Bonchev–Trinajstić information content (AvgIpc) is 3.00. The van der Waals surface area contributed by atoms with Crippen LogP contribution in [0.25, 0.3) is 16.6 Å². The van der Waals surface area contributed by atoms with Gasteiger partial charge in [0.15, 0.2) is 5.65 Å². The highest BCUT2D eigenvalue weighted by Crippen LogP contribution is 2.22. The Balaban J connectivity index is 1.70. The number of benzene rings is 1. The summed E-state index contributed by atoms with van der Waals surface area (Å²) in [6.45, 7) is 7.05. The predicted molar refractivity (Wildman–Crippen MR) is 105 cm³/mol. The molecule has 1 amide bonds. The number of unbranched alkanes of at least 4 members (excludes halogenated alkanes) is 3. The van der Waals surface area contributed by atoms with Crippen LogP contribution in [0.5, 0.6) is 0 Å². The van der Waals surface area contributed by atoms with Crippen molar-refractivity contribution < 1.29 is 4.79 Å². The second-order valence-corrected chi connectivity index (χ2v) is 6.92. The number of aryl methyl sites for hydroxylation is 2. The Morgan fingerprint density at radius 3 is 2.77 bits per heavy atom. The lowest BCUT2D eigenvalue weighted by atomic mass is 10.1. The molecule has 0 spiro atoms. The monoisotopic (exact) mass is 352 g/mol. The molecular formula is C21H28N4O. The topological polar surface area (TPSA) is 59.3 Å². The van der Waals surface area contributed by atoms with Crippen molar-refractivity contribution in [3.05, 3.63) is 41.2 Å². The van der Waals surface area contributed by atoms with Gasteiger partial charge in [0.2, 0.25) is 5.91 Å². The van der Waals surface area contributed by atoms with E-state index in [0.717, 1.165) is 46.5 Å². The van der Waals surface area contributed by atoms with Gasteiger partial charge >= 0.3 is 0 Å². The number of hydrogen-bond acceptors (Lipinski definition) is 3. The zero-order chi connectivity index (χ0) is 18.5. The summed E-state index contributed by atoms with van der Waals surface area (Å²) in [5, 5.41) is 8.77. The fourth-order valence-electron chi connectivity index (χ4n) is 3.44. The van der Waals surface area contributed by atoms with Crippen LogP contribution in [0.15, 0.2) is 24.3 Å². The lowest BCUT2D eigenvalue weighted by molar-refractivity contribution is -0.121. The number of carbonyl (C=O) groups is 1. The van der Waals surface area contributed by atoms with Crippen LogP contribution in [0.1, 0.15) is 56.0 Å². The van der Waals surface area contributed by atoms with Gasteiger partial charge in [0.05, 0.1) is 5.52 Å². The van der Waals surface area contributed by atoms with E-state index in [1.165, 1.54) is 19.3 Å². The number of rotatable bonds is 8. The van der Waals surface area contributed by atoms with Gasteiger partial charge in [0.1, 0.15) is 0 Å². The molecule has 0 bridgehead atoms. The fourth-order valence-corrected chi connectivity index (χ4v) is 3.44. The minimum Gasteiger partial charge on any atom is -0.356 e. The molecule has 0 aliphatic carbocycles. The number of carbonyl (C=O) groups excluding carboxylic acids is 1. The first-order valence-electron chi connectivity index (χ1n) is 9.62. The third kappa shape index (κ3) is 3.87. The molecule has 1 aromatic carbocycles. The second-order valence-electron chi connectivity index (χ2n) is 6.92. The minimum absolute atomic E-state index is 0.117. The lowest BCUT2D eigenvalue weighted by Crippen LogP contribution is -2.25. The Labute approximate surface area is 154 Å². The molecule has 0 saturated carbocycles. The van der Waals surface area contributed by atoms with Crippen LogP contribution >= 0.6 is 0 Å². The Morgan fingerprint density at radius 2 is 1.96 bits per heavy atom. The van der Waals surface area contributed by atoms with Crippen molar-refractivity contribution >= 4 is 22.5 Å². The standard InChI is InChI=1S/C21H28N4O/c1-4-5-6-9-14-22-20(26)13-12-17-15(2)23-21-18-10-7-8-11-19(18)24-25(21)16(17)3/h7-8,10-11H,4-6,9,12-14H2,1-3H3,(H,22,26). The molecule has 0 unspecified atom stereocenters. The first kappa shape index (κ1) is 18.4. The summed E-state index contributed by atoms with van der Waals surface area (Å²) >= 11 is 0. The number of nitrogens with one attached hydrogen (secondary N) is 1. The average molecular weight is 352 g/mol. The van der Waals surface area contributed by atoms with E-state index >= 15 is 0 Å². The predicted octanol–water partition coefficient (Wildman–Crippen LogP) is 4.13. The molecule has 5 heteroatoms. The van der Waals surface area contributed by atoms with Gasteiger partial charge in [-0.2, -0.15) is 5.10 Å². The second kappa shape index (κ2) is 8.30. The van der Waals surface area contributed by atoms with Crippen molar-refractivity contribution in [2.45, 2.75) is 59.3 Å². The van der Waals surface area contributed by atoms with Crippen molar-refractivity contribution in [1.82, 2.24) is 19.9 Å². The maximum atomic E-state index is 12.1. The molecule has 3 aromatic rings. The van der Waals surface area contributed by atoms with Gasteiger partial charge in [-0.3, -0.25) is 4.79 Å². The molecule has 1 N–H and O–H groups in total. The summed E-state index contributed by atoms with van der Waals surface area (Å²) in [5.41, 5.74) is 5.01. The summed E-state index contributed by atoms with van der Waals surface area (Å²) in [4.78, 5) is 16.9. The van der Waals surface area contributed by atoms with Gasteiger partial charge in [-0.1, -0.05) is 38.3 Å². The zero-order valence-corrected chi connectivity index (χ0v) is 16.0. The first-order chi connectivity index (χ1) is 12.6. The van der Waals surface area contributed by atoms with Crippen molar-refractivity contribution in [2.24, 2.45) is 0 Å². The summed E-state index contributed by atoms with van der Waals surface area (Å²) in [7, 11) is 0. The molecule has 0 saturated heterocycles. The van der Waals surface area contributed by atoms with E-state index in [2.05, 4.69) is 30.3 Å². The zero-order valence-electron chi connectivity index (χ0n) is 16.0. The quantitative estimate of drug-likeness (QED) is 0.620. The van der Waals surface area contributed by atoms with Gasteiger partial charge in [-0.25, -0.2) is 9.50 Å². The number of nitrogens with zero attached hydrogens (tertiary/aromatic N) is 3. The minimum atomic E-state index is 0.117. The van der Waals surface area contributed by atoms with Crippen LogP contribution in [-0.4, -0.2) is 27.0 Å². The highest BCUT2D eigenvalue weighted by atomic mass is 16.1. The molecule has 26 heavy (non-hydrogen) atoms. The Kier molecular flexibility index (Phi) is 5.86. The first-order valence-corrected chi connectivity index (χ1v) is 9.62. The van der Waals surface area contributed by atoms with E-state index < -0.39 is 0 Å². The molecule has 0 radical (unpaired) electrons. The smallest absolute Gasteiger partial charge is 0.220 e. The van der Waals surface area contributed by atoms with Crippen LogP contribution < -0.4 is 5.32 Å². The fraction of sp³-hybridized carbons (Fsp3) is 0.476. The van der Waals surface area contributed by atoms with Crippen LogP contribution in [0, 0.1) is 13.8 Å². The number of hydrogen-bond donors (Lipinski definition) is 1. The van der Waals surface area contributed by atoms with E-state index in [9.17, 15) is 4.79 Å². The third-order valence-corrected chi connectivity index (χ3v) is 4.97. The molecule has 0 aliphatic rings. The van der Waals surface area contributed by atoms with Crippen molar-refractivity contribution in [3.63, 3.8) is 0 Å². The van der Waals surface area contributed by atoms with Crippen LogP contribution in [0.4, 0.5) is 0 Å². The Bertz CT molecular complexity index is 913. The molecule has 0 aliphatic heterocycles. The van der Waals surface area contributed by atoms with E-state index in [-0.39, 0.29) is 5.91 Å². The molecular weight excluding hydrogens is 324 g/mol. The highest BCUT2D eigenvalue weighted by molar-refractivity contribution is 5.92. The van der Waals surface area contributed by atoms with Crippen LogP contribution in [0.2, 0.25) is 0 Å². The largest absolute Gasteiger partial charge is 0.356 e. The van der Waals surface area contributed by atoms with Gasteiger partial charge in [0.25, 0.3) is 0 Å². The SMILES string of the molecule is CCCCCCNC(=O)CCc1c(C)nc2c3ccccc3nn2c1C. The molecule has 2 heterocycles. The number of aromatic nitrogens is 3. The maximum absolute atomic E-state index is 12.1. The summed E-state index contributed by atoms with van der Waals surface area (Å²) in [6, 6.07) is 8.05. The van der Waals surface area contributed by atoms with Crippen molar-refractivity contribution in [3.8, 4) is 0 Å². The summed E-state index contributed by atoms with van der Waals surface area (Å²) in [6.07, 6.45) is 5.87. The molecule has 0 fully saturated rings.